The number of amides is 1. The number of benzene rings is 1. The maximum absolute atomic E-state index is 11.0. The number of aromatic amines is 1. The van der Waals surface area contributed by atoms with Crippen LogP contribution in [0.1, 0.15) is 37.9 Å². The van der Waals surface area contributed by atoms with Crippen molar-refractivity contribution in [2.75, 3.05) is 29.7 Å². The van der Waals surface area contributed by atoms with E-state index >= 15 is 0 Å². The second kappa shape index (κ2) is 13.2. The van der Waals surface area contributed by atoms with Crippen LogP contribution in [0, 0.1) is 0 Å². The summed E-state index contributed by atoms with van der Waals surface area (Å²) in [4.78, 5) is 16.8. The van der Waals surface area contributed by atoms with Gasteiger partial charge in [-0.2, -0.15) is 0 Å². The number of unbranched alkanes of at least 4 members (excludes halogenated alkanes) is 3. The van der Waals surface area contributed by atoms with Gasteiger partial charge in [-0.15, -0.1) is 28.7 Å². The Bertz CT molecular complexity index is 733. The number of rotatable bonds is 12. The summed E-state index contributed by atoms with van der Waals surface area (Å²) >= 11 is 11.8. The molecule has 1 aromatic heterocycles. The number of carbonyl (C=O) groups is 1. The van der Waals surface area contributed by atoms with Crippen molar-refractivity contribution in [3.05, 3.63) is 24.0 Å². The molecule has 0 aliphatic rings. The van der Waals surface area contributed by atoms with Gasteiger partial charge in [0.25, 0.3) is 5.82 Å². The molecule has 0 aliphatic carbocycles. The number of anilines is 1. The van der Waals surface area contributed by atoms with Gasteiger partial charge in [-0.3, -0.25) is 0 Å². The number of halogens is 3. The van der Waals surface area contributed by atoms with E-state index in [0.717, 1.165) is 56.4 Å². The van der Waals surface area contributed by atoms with E-state index < -0.39 is 0 Å². The zero-order valence-electron chi connectivity index (χ0n) is 16.3. The topological polar surface area (TPSA) is 76.8 Å². The number of aromatic nitrogens is 2. The maximum atomic E-state index is 11.0. The molecule has 28 heavy (non-hydrogen) atoms. The molecule has 0 saturated heterocycles. The SMILES string of the molecule is C[n+]1c(CCCCCCC(=O)[NH2+]O)[nH]c2cc(N(CCCl)CCCl)ccc21.[Cl-]. The number of fused-ring (bicyclic) bond motifs is 1. The zero-order valence-corrected chi connectivity index (χ0v) is 18.5. The van der Waals surface area contributed by atoms with E-state index in [9.17, 15) is 4.79 Å². The van der Waals surface area contributed by atoms with Crippen molar-refractivity contribution in [3.8, 4) is 0 Å². The molecule has 1 aromatic carbocycles. The largest absolute Gasteiger partial charge is 1.00 e. The van der Waals surface area contributed by atoms with E-state index in [1.54, 1.807) is 0 Å². The third-order valence-corrected chi connectivity index (χ3v) is 5.17. The molecule has 4 N–H and O–H groups in total. The van der Waals surface area contributed by atoms with E-state index in [1.165, 1.54) is 11.3 Å². The van der Waals surface area contributed by atoms with Gasteiger partial charge < -0.3 is 17.3 Å². The Kier molecular flexibility index (Phi) is 11.8. The van der Waals surface area contributed by atoms with E-state index in [-0.39, 0.29) is 18.3 Å². The van der Waals surface area contributed by atoms with Crippen molar-refractivity contribution in [2.45, 2.75) is 38.5 Å². The fraction of sp³-hybridized carbons (Fsp3) is 0.579. The van der Waals surface area contributed by atoms with Crippen LogP contribution < -0.4 is 27.4 Å². The Morgan fingerprint density at radius 2 is 1.86 bits per heavy atom. The molecule has 0 atom stereocenters. The highest BCUT2D eigenvalue weighted by Crippen LogP contribution is 2.20. The lowest BCUT2D eigenvalue weighted by molar-refractivity contribution is -0.815. The van der Waals surface area contributed by atoms with Crippen LogP contribution in [0.2, 0.25) is 0 Å². The Hall–Kier alpha value is -1.05. The van der Waals surface area contributed by atoms with Crippen LogP contribution in [-0.2, 0) is 18.3 Å². The number of nitrogens with two attached hydrogens (primary N) is 1. The quantitative estimate of drug-likeness (QED) is 0.130. The number of hydroxylamine groups is 1. The molecule has 2 aromatic rings. The molecule has 9 heteroatoms. The molecule has 0 fully saturated rings. The summed E-state index contributed by atoms with van der Waals surface area (Å²) in [5.41, 5.74) is 4.08. The van der Waals surface area contributed by atoms with Gasteiger partial charge in [0.2, 0.25) is 0 Å². The third kappa shape index (κ3) is 7.08. The molecule has 1 heterocycles. The van der Waals surface area contributed by atoms with Crippen LogP contribution in [0.5, 0.6) is 0 Å². The minimum atomic E-state index is -0.190. The van der Waals surface area contributed by atoms with Gasteiger partial charge in [0, 0.05) is 43.0 Å². The Labute approximate surface area is 182 Å². The van der Waals surface area contributed by atoms with Gasteiger partial charge in [-0.25, -0.2) is 19.6 Å². The van der Waals surface area contributed by atoms with E-state index in [4.69, 9.17) is 28.4 Å². The van der Waals surface area contributed by atoms with Crippen molar-refractivity contribution in [3.63, 3.8) is 0 Å². The molecule has 1 amide bonds. The maximum Gasteiger partial charge on any atom is 0.342 e. The Balaban J connectivity index is 0.00000392. The van der Waals surface area contributed by atoms with Crippen molar-refractivity contribution in [2.24, 2.45) is 7.05 Å². The number of hydrogen-bond acceptors (Lipinski definition) is 3. The molecule has 158 valence electrons. The molecule has 0 spiro atoms. The number of primary amides is 1. The second-order valence-electron chi connectivity index (χ2n) is 6.71. The number of imidazole rings is 1. The number of nitrogens with one attached hydrogen (secondary N) is 1. The van der Waals surface area contributed by atoms with Gasteiger partial charge >= 0.3 is 5.91 Å². The summed E-state index contributed by atoms with van der Waals surface area (Å²) in [6.07, 6.45) is 5.36. The van der Waals surface area contributed by atoms with Gasteiger partial charge in [-0.05, 0) is 25.0 Å². The van der Waals surface area contributed by atoms with Crippen LogP contribution in [-0.4, -0.2) is 40.9 Å². The average molecular weight is 453 g/mol. The van der Waals surface area contributed by atoms with Gasteiger partial charge in [-0.1, -0.05) is 12.8 Å². The summed E-state index contributed by atoms with van der Waals surface area (Å²) in [6, 6.07) is 6.42. The Morgan fingerprint density at radius 3 is 2.50 bits per heavy atom. The summed E-state index contributed by atoms with van der Waals surface area (Å²) < 4.78 is 2.21. The predicted octanol–water partition coefficient (Wildman–Crippen LogP) is -0.747. The minimum absolute atomic E-state index is 0. The highest BCUT2D eigenvalue weighted by Gasteiger charge is 2.17. The Morgan fingerprint density at radius 1 is 1.18 bits per heavy atom. The first-order valence-electron chi connectivity index (χ1n) is 9.48. The molecule has 0 saturated carbocycles. The van der Waals surface area contributed by atoms with Crippen molar-refractivity contribution in [1.82, 2.24) is 4.98 Å². The summed E-state index contributed by atoms with van der Waals surface area (Å²) in [6.45, 7) is 1.55. The van der Waals surface area contributed by atoms with Crippen LogP contribution in [0.25, 0.3) is 11.0 Å². The molecule has 0 unspecified atom stereocenters. The number of carbonyl (C=O) groups excluding carboxylic acids is 1. The monoisotopic (exact) mass is 451 g/mol. The fourth-order valence-electron chi connectivity index (χ4n) is 3.31. The highest BCUT2D eigenvalue weighted by atomic mass is 35.5. The smallest absolute Gasteiger partial charge is 0.342 e. The molecule has 0 bridgehead atoms. The lowest BCUT2D eigenvalue weighted by Crippen LogP contribution is -3.00. The number of H-pyrrole nitrogens is 1. The third-order valence-electron chi connectivity index (χ3n) is 4.83. The number of hydrogen-bond donors (Lipinski definition) is 3. The second-order valence-corrected chi connectivity index (χ2v) is 7.46. The highest BCUT2D eigenvalue weighted by molar-refractivity contribution is 6.18. The van der Waals surface area contributed by atoms with Gasteiger partial charge in [0.05, 0.1) is 13.5 Å². The van der Waals surface area contributed by atoms with Crippen LogP contribution in [0.4, 0.5) is 5.69 Å². The van der Waals surface area contributed by atoms with E-state index in [2.05, 4.69) is 39.7 Å². The van der Waals surface area contributed by atoms with E-state index in [0.29, 0.717) is 23.7 Å². The standard InChI is InChI=1S/C19H28Cl2N4O2.ClH/c1-24-17-9-8-15(25(12-10-20)13-11-21)14-16(17)22-18(24)6-4-2-3-5-7-19(26)23-27;/h8-9,14H,2-7,10-13H2,1H3,(H2,23,26,27);1H/p+1. The van der Waals surface area contributed by atoms with Crippen molar-refractivity contribution in [1.29, 1.82) is 0 Å². The molecular weight excluding hydrogens is 423 g/mol. The summed E-state index contributed by atoms with van der Waals surface area (Å²) in [5.74, 6) is 2.15. The van der Waals surface area contributed by atoms with Crippen LogP contribution in [0.3, 0.4) is 0 Å². The number of nitrogens with zero attached hydrogens (tertiary/aromatic N) is 2. The normalized spacial score (nSPS) is 10.9. The average Bonchev–Trinajstić information content (AvgIpc) is 2.99. The summed E-state index contributed by atoms with van der Waals surface area (Å²) in [7, 11) is 2.08. The molecular formula is C19H30Cl3N4O2+. The number of alkyl halides is 2. The first-order chi connectivity index (χ1) is 13.1. The summed E-state index contributed by atoms with van der Waals surface area (Å²) in [5, 5.41) is 8.60. The molecule has 0 aliphatic heterocycles. The van der Waals surface area contributed by atoms with Crippen molar-refractivity contribution >= 4 is 45.8 Å². The number of aryl methyl sites for hydroxylation is 2. The lowest BCUT2D eigenvalue weighted by atomic mass is 10.1. The van der Waals surface area contributed by atoms with Crippen LogP contribution in [0.15, 0.2) is 18.2 Å². The molecule has 6 nitrogen and oxygen atoms in total. The fourth-order valence-corrected chi connectivity index (χ4v) is 3.72. The van der Waals surface area contributed by atoms with Gasteiger partial charge in [0.1, 0.15) is 0 Å². The molecule has 0 radical (unpaired) electrons. The molecule has 2 rings (SSSR count). The van der Waals surface area contributed by atoms with E-state index in [1.807, 2.05) is 0 Å². The first kappa shape index (κ1) is 25.0. The lowest BCUT2D eigenvalue weighted by Gasteiger charge is -2.22. The predicted molar refractivity (Wildman–Crippen MR) is 109 cm³/mol. The van der Waals surface area contributed by atoms with Crippen LogP contribution >= 0.6 is 23.2 Å². The van der Waals surface area contributed by atoms with Gasteiger partial charge in [0.15, 0.2) is 11.0 Å². The first-order valence-corrected chi connectivity index (χ1v) is 10.6. The number of quaternary nitrogens is 1. The zero-order chi connectivity index (χ0) is 19.6. The minimum Gasteiger partial charge on any atom is -1.00 e. The van der Waals surface area contributed by atoms with Crippen molar-refractivity contribution < 1.29 is 32.5 Å².